The van der Waals surface area contributed by atoms with Crippen LogP contribution < -0.4 is 0 Å². The molecule has 1 fully saturated rings. The molecule has 0 spiro atoms. The van der Waals surface area contributed by atoms with Gasteiger partial charge in [-0.3, -0.25) is 4.79 Å². The van der Waals surface area contributed by atoms with E-state index in [1.807, 2.05) is 0 Å². The standard InChI is InChI=1S/C18H26O4/c1-17(2,3)14-8-9-18(22,15(19)11-14)13-6-4-12(5-7-13)10-16(20)21/h4-7,14-15,19,22H,8-11H2,1-3H3,(H,20,21)/t14-,15-,18-/m1/s1. The van der Waals surface area contributed by atoms with E-state index in [2.05, 4.69) is 20.8 Å². The number of rotatable bonds is 3. The third kappa shape index (κ3) is 3.50. The molecule has 0 unspecified atom stereocenters. The van der Waals surface area contributed by atoms with Gasteiger partial charge in [0.15, 0.2) is 0 Å². The molecule has 4 heteroatoms. The Labute approximate surface area is 131 Å². The lowest BCUT2D eigenvalue weighted by atomic mass is 9.65. The smallest absolute Gasteiger partial charge is 0.307 e. The first-order valence-electron chi connectivity index (χ1n) is 7.84. The molecule has 0 bridgehead atoms. The van der Waals surface area contributed by atoms with Crippen LogP contribution in [0.1, 0.15) is 51.2 Å². The number of carbonyl (C=O) groups is 1. The summed E-state index contributed by atoms with van der Waals surface area (Å²) in [5.74, 6) is -0.494. The zero-order valence-electron chi connectivity index (χ0n) is 13.5. The maximum absolute atomic E-state index is 10.9. The van der Waals surface area contributed by atoms with E-state index in [9.17, 15) is 15.0 Å². The van der Waals surface area contributed by atoms with Gasteiger partial charge in [-0.2, -0.15) is 0 Å². The van der Waals surface area contributed by atoms with Crippen LogP contribution in [0.4, 0.5) is 0 Å². The van der Waals surface area contributed by atoms with Gasteiger partial charge >= 0.3 is 5.97 Å². The summed E-state index contributed by atoms with van der Waals surface area (Å²) in [5.41, 5.74) is 0.246. The number of aliphatic hydroxyl groups excluding tert-OH is 1. The van der Waals surface area contributed by atoms with Gasteiger partial charge in [-0.25, -0.2) is 0 Å². The number of benzene rings is 1. The van der Waals surface area contributed by atoms with E-state index < -0.39 is 17.7 Å². The van der Waals surface area contributed by atoms with E-state index >= 15 is 0 Å². The highest BCUT2D eigenvalue weighted by atomic mass is 16.4. The molecule has 3 N–H and O–H groups in total. The van der Waals surface area contributed by atoms with E-state index in [0.29, 0.717) is 29.9 Å². The van der Waals surface area contributed by atoms with Crippen molar-refractivity contribution in [1.29, 1.82) is 0 Å². The Bertz CT molecular complexity index is 529. The van der Waals surface area contributed by atoms with Gasteiger partial charge in [-0.15, -0.1) is 0 Å². The molecule has 2 rings (SSSR count). The summed E-state index contributed by atoms with van der Waals surface area (Å²) in [6.45, 7) is 6.49. The summed E-state index contributed by atoms with van der Waals surface area (Å²) in [5, 5.41) is 30.2. The molecule has 0 aromatic heterocycles. The van der Waals surface area contributed by atoms with Crippen LogP contribution in [-0.2, 0) is 16.8 Å². The minimum Gasteiger partial charge on any atom is -0.481 e. The zero-order chi connectivity index (χ0) is 16.5. The largest absolute Gasteiger partial charge is 0.481 e. The van der Waals surface area contributed by atoms with E-state index in [1.54, 1.807) is 24.3 Å². The zero-order valence-corrected chi connectivity index (χ0v) is 13.5. The molecule has 122 valence electrons. The molecule has 0 aliphatic heterocycles. The summed E-state index contributed by atoms with van der Waals surface area (Å²) in [6.07, 6.45) is 1.14. The van der Waals surface area contributed by atoms with Crippen molar-refractivity contribution in [3.63, 3.8) is 0 Å². The fraction of sp³-hybridized carbons (Fsp3) is 0.611. The SMILES string of the molecule is CC(C)(C)[C@@H]1CC[C@@](O)(c2ccc(CC(=O)O)cc2)[C@H](O)C1. The first kappa shape index (κ1) is 17.0. The summed E-state index contributed by atoms with van der Waals surface area (Å²) in [7, 11) is 0. The van der Waals surface area contributed by atoms with Crippen LogP contribution in [0, 0.1) is 11.3 Å². The monoisotopic (exact) mass is 306 g/mol. The fourth-order valence-corrected chi connectivity index (χ4v) is 3.35. The number of aliphatic hydroxyl groups is 2. The highest BCUT2D eigenvalue weighted by Crippen LogP contribution is 2.45. The van der Waals surface area contributed by atoms with Crippen LogP contribution in [0.3, 0.4) is 0 Å². The van der Waals surface area contributed by atoms with Gasteiger partial charge in [0, 0.05) is 0 Å². The van der Waals surface area contributed by atoms with Crippen LogP contribution >= 0.6 is 0 Å². The van der Waals surface area contributed by atoms with E-state index in [4.69, 9.17) is 5.11 Å². The number of hydrogen-bond acceptors (Lipinski definition) is 3. The van der Waals surface area contributed by atoms with Crippen molar-refractivity contribution >= 4 is 5.97 Å². The first-order chi connectivity index (χ1) is 10.1. The molecular formula is C18H26O4. The van der Waals surface area contributed by atoms with Crippen molar-refractivity contribution in [3.05, 3.63) is 35.4 Å². The Morgan fingerprint density at radius 1 is 1.27 bits per heavy atom. The van der Waals surface area contributed by atoms with Crippen LogP contribution in [0.25, 0.3) is 0 Å². The average Bonchev–Trinajstić information content (AvgIpc) is 2.41. The third-order valence-electron chi connectivity index (χ3n) is 4.97. The van der Waals surface area contributed by atoms with Gasteiger partial charge in [-0.1, -0.05) is 45.0 Å². The summed E-state index contributed by atoms with van der Waals surface area (Å²) >= 11 is 0. The van der Waals surface area contributed by atoms with Gasteiger partial charge in [0.25, 0.3) is 0 Å². The highest BCUT2D eigenvalue weighted by Gasteiger charge is 2.45. The van der Waals surface area contributed by atoms with Gasteiger partial charge < -0.3 is 15.3 Å². The Kier molecular flexibility index (Phi) is 4.64. The summed E-state index contributed by atoms with van der Waals surface area (Å²) < 4.78 is 0. The quantitative estimate of drug-likeness (QED) is 0.802. The van der Waals surface area contributed by atoms with Gasteiger partial charge in [0.2, 0.25) is 0 Å². The lowest BCUT2D eigenvalue weighted by Gasteiger charge is -2.44. The fourth-order valence-electron chi connectivity index (χ4n) is 3.35. The van der Waals surface area contributed by atoms with E-state index in [-0.39, 0.29) is 11.8 Å². The average molecular weight is 306 g/mol. The summed E-state index contributed by atoms with van der Waals surface area (Å²) in [6, 6.07) is 6.89. The molecule has 1 aliphatic carbocycles. The molecule has 1 aromatic carbocycles. The van der Waals surface area contributed by atoms with E-state index in [1.165, 1.54) is 0 Å². The van der Waals surface area contributed by atoms with Gasteiger partial charge in [-0.05, 0) is 41.7 Å². The molecule has 4 nitrogen and oxygen atoms in total. The van der Waals surface area contributed by atoms with Crippen molar-refractivity contribution in [1.82, 2.24) is 0 Å². The van der Waals surface area contributed by atoms with Crippen molar-refractivity contribution in [3.8, 4) is 0 Å². The predicted molar refractivity (Wildman–Crippen MR) is 84.5 cm³/mol. The molecule has 0 radical (unpaired) electrons. The highest BCUT2D eigenvalue weighted by molar-refractivity contribution is 5.70. The topological polar surface area (TPSA) is 77.8 Å². The van der Waals surface area contributed by atoms with Crippen LogP contribution in [-0.4, -0.2) is 27.4 Å². The number of carboxylic acid groups (broad SMARTS) is 1. The molecule has 0 saturated heterocycles. The minimum atomic E-state index is -1.23. The van der Waals surface area contributed by atoms with Crippen LogP contribution in [0.15, 0.2) is 24.3 Å². The lowest BCUT2D eigenvalue weighted by molar-refractivity contribution is -0.136. The van der Waals surface area contributed by atoms with Crippen LogP contribution in [0.2, 0.25) is 0 Å². The molecule has 1 aliphatic rings. The summed E-state index contributed by atoms with van der Waals surface area (Å²) in [4.78, 5) is 10.7. The predicted octanol–water partition coefficient (Wildman–Crippen LogP) is 2.71. The number of aliphatic carboxylic acids is 1. The molecular weight excluding hydrogens is 280 g/mol. The maximum atomic E-state index is 10.9. The molecule has 22 heavy (non-hydrogen) atoms. The Morgan fingerprint density at radius 3 is 2.32 bits per heavy atom. The van der Waals surface area contributed by atoms with Gasteiger partial charge in [0.05, 0.1) is 12.5 Å². The number of hydrogen-bond donors (Lipinski definition) is 3. The maximum Gasteiger partial charge on any atom is 0.307 e. The minimum absolute atomic E-state index is 0.0344. The third-order valence-corrected chi connectivity index (χ3v) is 4.97. The molecule has 1 saturated carbocycles. The Morgan fingerprint density at radius 2 is 1.86 bits per heavy atom. The number of carboxylic acids is 1. The Hall–Kier alpha value is -1.39. The first-order valence-corrected chi connectivity index (χ1v) is 7.84. The van der Waals surface area contributed by atoms with Crippen molar-refractivity contribution < 1.29 is 20.1 Å². The van der Waals surface area contributed by atoms with Crippen LogP contribution in [0.5, 0.6) is 0 Å². The van der Waals surface area contributed by atoms with Crippen molar-refractivity contribution in [2.75, 3.05) is 0 Å². The van der Waals surface area contributed by atoms with Crippen molar-refractivity contribution in [2.45, 2.75) is 58.2 Å². The lowest BCUT2D eigenvalue weighted by Crippen LogP contribution is -2.46. The second-order valence-corrected chi connectivity index (χ2v) is 7.54. The van der Waals surface area contributed by atoms with E-state index in [0.717, 1.165) is 6.42 Å². The Balaban J connectivity index is 2.16. The molecule has 1 aromatic rings. The second kappa shape index (κ2) is 6.01. The second-order valence-electron chi connectivity index (χ2n) is 7.54. The molecule has 0 heterocycles. The van der Waals surface area contributed by atoms with Gasteiger partial charge in [0.1, 0.15) is 5.60 Å². The molecule has 3 atom stereocenters. The molecule has 0 amide bonds. The van der Waals surface area contributed by atoms with Crippen molar-refractivity contribution in [2.24, 2.45) is 11.3 Å². The normalized spacial score (nSPS) is 29.3.